The van der Waals surface area contributed by atoms with E-state index in [1.54, 1.807) is 24.3 Å². The van der Waals surface area contributed by atoms with Crippen LogP contribution in [-0.2, 0) is 9.53 Å². The summed E-state index contributed by atoms with van der Waals surface area (Å²) in [6, 6.07) is 11.2. The molecule has 4 rings (SSSR count). The largest absolute Gasteiger partial charge is 0.457 e. The highest BCUT2D eigenvalue weighted by molar-refractivity contribution is 7.07. The highest BCUT2D eigenvalue weighted by atomic mass is 32.1. The Bertz CT molecular complexity index is 1400. The average molecular weight is 452 g/mol. The highest BCUT2D eigenvalue weighted by Crippen LogP contribution is 2.25. The van der Waals surface area contributed by atoms with Crippen molar-refractivity contribution >= 4 is 34.6 Å². The van der Waals surface area contributed by atoms with Crippen molar-refractivity contribution in [1.29, 1.82) is 5.26 Å². The molecule has 1 fully saturated rings. The maximum Gasteiger partial charge on any atom is 0.270 e. The third-order valence-electron chi connectivity index (χ3n) is 4.76. The van der Waals surface area contributed by atoms with Gasteiger partial charge in [0.25, 0.3) is 17.2 Å². The summed E-state index contributed by atoms with van der Waals surface area (Å²) in [5.41, 5.74) is -0.129. The predicted octanol–water partition coefficient (Wildman–Crippen LogP) is 0.966. The van der Waals surface area contributed by atoms with Crippen LogP contribution >= 0.6 is 11.3 Å². The fourth-order valence-electron chi connectivity index (χ4n) is 3.16. The minimum Gasteiger partial charge on any atom is -0.457 e. The van der Waals surface area contributed by atoms with Crippen LogP contribution in [0.1, 0.15) is 5.76 Å². The summed E-state index contributed by atoms with van der Waals surface area (Å²) >= 11 is 0.980. The van der Waals surface area contributed by atoms with Gasteiger partial charge in [0, 0.05) is 36.9 Å². The Labute approximate surface area is 184 Å². The normalized spacial score (nSPS) is 15.3. The van der Waals surface area contributed by atoms with Crippen molar-refractivity contribution < 1.29 is 18.9 Å². The molecule has 2 aromatic heterocycles. The lowest BCUT2D eigenvalue weighted by molar-refractivity contribution is -0.384. The van der Waals surface area contributed by atoms with Gasteiger partial charge in [0.15, 0.2) is 5.57 Å². The number of furan rings is 1. The number of ether oxygens (including phenoxy) is 1. The number of nitrogens with one attached hydrogen (secondary N) is 1. The van der Waals surface area contributed by atoms with Gasteiger partial charge in [-0.15, -0.1) is 11.3 Å². The van der Waals surface area contributed by atoms with E-state index in [-0.39, 0.29) is 20.5 Å². The first kappa shape index (κ1) is 21.2. The van der Waals surface area contributed by atoms with Crippen LogP contribution in [0.3, 0.4) is 0 Å². The number of nitro groups is 1. The number of thiazole rings is 1. The molecule has 162 valence electrons. The predicted molar refractivity (Wildman–Crippen MR) is 115 cm³/mol. The first-order valence-corrected chi connectivity index (χ1v) is 10.3. The molecule has 0 aliphatic carbocycles. The molecule has 0 unspecified atom stereocenters. The first-order valence-electron chi connectivity index (χ1n) is 9.53. The molecule has 10 nitrogen and oxygen atoms in total. The van der Waals surface area contributed by atoms with Crippen molar-refractivity contribution in [2.45, 2.75) is 0 Å². The van der Waals surface area contributed by atoms with E-state index >= 15 is 0 Å². The van der Waals surface area contributed by atoms with Gasteiger partial charge in [-0.3, -0.25) is 19.7 Å². The van der Waals surface area contributed by atoms with Crippen molar-refractivity contribution in [2.75, 3.05) is 26.3 Å². The number of nitrogens with zero attached hydrogens (tertiary/aromatic N) is 3. The lowest BCUT2D eigenvalue weighted by atomic mass is 10.1. The van der Waals surface area contributed by atoms with Gasteiger partial charge in [0.05, 0.1) is 22.7 Å². The second-order valence-corrected chi connectivity index (χ2v) is 7.85. The number of amides is 1. The molecule has 1 aliphatic heterocycles. The number of aromatic amines is 1. The maximum atomic E-state index is 12.7. The molecule has 32 heavy (non-hydrogen) atoms. The molecular weight excluding hydrogens is 436 g/mol. The van der Waals surface area contributed by atoms with Crippen LogP contribution in [0.2, 0.25) is 0 Å². The molecule has 0 spiro atoms. The molecule has 0 saturated carbocycles. The lowest BCUT2D eigenvalue weighted by Gasteiger charge is -2.26. The highest BCUT2D eigenvalue weighted by Gasteiger charge is 2.22. The van der Waals surface area contributed by atoms with Gasteiger partial charge in [-0.1, -0.05) is 12.1 Å². The smallest absolute Gasteiger partial charge is 0.270 e. The number of nitriles is 1. The van der Waals surface area contributed by atoms with Crippen molar-refractivity contribution in [3.63, 3.8) is 0 Å². The van der Waals surface area contributed by atoms with E-state index in [0.29, 0.717) is 43.4 Å². The van der Waals surface area contributed by atoms with Crippen LogP contribution in [0, 0.1) is 21.4 Å². The number of benzene rings is 1. The standard InChI is InChI=1S/C21H16N4O6S/c22-12-16(21(27)24-6-8-30-9-7-24)20-23-19(26)18(32-20)11-15-4-5-17(31-15)13-2-1-3-14(10-13)25(28)29/h1-5,10-11H,6-9H2,(H,23,26). The zero-order chi connectivity index (χ0) is 22.7. The minimum absolute atomic E-state index is 0.0618. The first-order chi connectivity index (χ1) is 15.5. The number of nitro benzene ring substituents is 1. The average Bonchev–Trinajstić information content (AvgIpc) is 3.42. The molecule has 1 N–H and O–H groups in total. The van der Waals surface area contributed by atoms with E-state index in [4.69, 9.17) is 9.15 Å². The molecule has 11 heteroatoms. The number of non-ortho nitro benzene ring substituents is 1. The quantitative estimate of drug-likeness (QED) is 0.459. The fraction of sp³-hybridized carbons (Fsp3) is 0.190. The number of carbonyl (C=O) groups is 1. The molecule has 1 aliphatic rings. The number of hydrogen-bond donors (Lipinski definition) is 1. The summed E-state index contributed by atoms with van der Waals surface area (Å²) in [6.07, 6.45) is 1.49. The van der Waals surface area contributed by atoms with Crippen LogP contribution in [0.15, 0.2) is 45.6 Å². The summed E-state index contributed by atoms with van der Waals surface area (Å²) in [6.45, 7) is 1.56. The monoisotopic (exact) mass is 452 g/mol. The fourth-order valence-corrected chi connectivity index (χ4v) is 4.08. The van der Waals surface area contributed by atoms with Crippen molar-refractivity contribution in [1.82, 2.24) is 9.88 Å². The number of H-pyrrole nitrogens is 1. The summed E-state index contributed by atoms with van der Waals surface area (Å²) in [5, 5.41) is 20.5. The van der Waals surface area contributed by atoms with Crippen LogP contribution in [0.4, 0.5) is 5.69 Å². The molecule has 3 aromatic rings. The molecule has 0 atom stereocenters. The number of aromatic nitrogens is 1. The Morgan fingerprint density at radius 2 is 2.06 bits per heavy atom. The molecule has 0 bridgehead atoms. The summed E-state index contributed by atoms with van der Waals surface area (Å²) < 4.78 is 11.4. The summed E-state index contributed by atoms with van der Waals surface area (Å²) in [5.74, 6) is 0.300. The second kappa shape index (κ2) is 9.01. The van der Waals surface area contributed by atoms with Gasteiger partial charge in [0.1, 0.15) is 22.3 Å². The molecule has 1 amide bonds. The zero-order valence-corrected chi connectivity index (χ0v) is 17.4. The third-order valence-corrected chi connectivity index (χ3v) is 5.79. The second-order valence-electron chi connectivity index (χ2n) is 6.79. The van der Waals surface area contributed by atoms with Crippen LogP contribution in [0.25, 0.3) is 23.0 Å². The van der Waals surface area contributed by atoms with Gasteiger partial charge in [0.2, 0.25) is 0 Å². The minimum atomic E-state index is -0.492. The van der Waals surface area contributed by atoms with Crippen molar-refractivity contribution in [3.05, 3.63) is 71.8 Å². The van der Waals surface area contributed by atoms with Gasteiger partial charge < -0.3 is 19.0 Å². The Morgan fingerprint density at radius 1 is 1.28 bits per heavy atom. The molecule has 3 heterocycles. The molecular formula is C21H16N4O6S. The van der Waals surface area contributed by atoms with Gasteiger partial charge in [-0.25, -0.2) is 0 Å². The Kier molecular flexibility index (Phi) is 5.98. The number of rotatable bonds is 4. The van der Waals surface area contributed by atoms with Gasteiger partial charge in [-0.2, -0.15) is 5.26 Å². The summed E-state index contributed by atoms with van der Waals surface area (Å²) in [7, 11) is 0. The maximum absolute atomic E-state index is 12.7. The third kappa shape index (κ3) is 4.36. The van der Waals surface area contributed by atoms with Crippen LogP contribution in [0.5, 0.6) is 0 Å². The lowest BCUT2D eigenvalue weighted by Crippen LogP contribution is -2.42. The Hall–Kier alpha value is -4.01. The van der Waals surface area contributed by atoms with E-state index < -0.39 is 16.4 Å². The number of morpholine rings is 1. The van der Waals surface area contributed by atoms with Gasteiger partial charge in [-0.05, 0) is 12.1 Å². The van der Waals surface area contributed by atoms with E-state index in [2.05, 4.69) is 4.98 Å². The number of hydrogen-bond acceptors (Lipinski definition) is 8. The van der Waals surface area contributed by atoms with Crippen molar-refractivity contribution in [3.8, 4) is 17.4 Å². The summed E-state index contributed by atoms with van der Waals surface area (Å²) in [4.78, 5) is 39.6. The van der Waals surface area contributed by atoms with E-state index in [1.807, 2.05) is 6.07 Å². The van der Waals surface area contributed by atoms with Gasteiger partial charge >= 0.3 is 0 Å². The van der Waals surface area contributed by atoms with E-state index in [1.165, 1.54) is 23.1 Å². The molecule has 0 radical (unpaired) electrons. The van der Waals surface area contributed by atoms with E-state index in [0.717, 1.165) is 11.3 Å². The molecule has 1 aromatic carbocycles. The topological polar surface area (TPSA) is 142 Å². The number of carbonyl (C=O) groups excluding carboxylic acids is 1. The van der Waals surface area contributed by atoms with Crippen LogP contribution < -0.4 is 14.8 Å². The molecule has 1 saturated heterocycles. The van der Waals surface area contributed by atoms with Crippen molar-refractivity contribution in [2.24, 2.45) is 0 Å². The van der Waals surface area contributed by atoms with Crippen LogP contribution in [-0.4, -0.2) is 47.0 Å². The Balaban J connectivity index is 1.68. The van der Waals surface area contributed by atoms with E-state index in [9.17, 15) is 25.0 Å². The zero-order valence-electron chi connectivity index (χ0n) is 16.6. The SMILES string of the molecule is N#CC(C(=O)N1CCOCC1)=c1[nH]c(=O)c(=Cc2ccc(-c3cccc([N+](=O)[O-])c3)o2)s1. The Morgan fingerprint density at radius 3 is 2.78 bits per heavy atom.